The van der Waals surface area contributed by atoms with Crippen LogP contribution in [0.3, 0.4) is 0 Å². The van der Waals surface area contributed by atoms with Crippen LogP contribution in [0.4, 0.5) is 5.69 Å². The van der Waals surface area contributed by atoms with Gasteiger partial charge in [0.15, 0.2) is 18.1 Å². The molecule has 2 aromatic carbocycles. The van der Waals surface area contributed by atoms with Gasteiger partial charge in [-0.1, -0.05) is 12.2 Å². The summed E-state index contributed by atoms with van der Waals surface area (Å²) in [6, 6.07) is 12.8. The van der Waals surface area contributed by atoms with E-state index in [-0.39, 0.29) is 12.5 Å². The van der Waals surface area contributed by atoms with Crippen molar-refractivity contribution in [3.63, 3.8) is 0 Å². The molecule has 2 aromatic rings. The fraction of sp³-hybridized carbons (Fsp3) is 0.364. The van der Waals surface area contributed by atoms with Gasteiger partial charge in [0, 0.05) is 24.3 Å². The van der Waals surface area contributed by atoms with Crippen molar-refractivity contribution in [2.45, 2.75) is 19.8 Å². The summed E-state index contributed by atoms with van der Waals surface area (Å²) in [6.07, 6.45) is 2.34. The number of likely N-dealkylation sites (tertiary alicyclic amines) is 1. The van der Waals surface area contributed by atoms with Crippen LogP contribution in [-0.4, -0.2) is 49.2 Å². The zero-order valence-electron chi connectivity index (χ0n) is 16.8. The lowest BCUT2D eigenvalue weighted by Gasteiger charge is -2.19. The van der Waals surface area contributed by atoms with Gasteiger partial charge in [0.05, 0.1) is 13.7 Å². The van der Waals surface area contributed by atoms with Crippen molar-refractivity contribution in [2.75, 3.05) is 38.7 Å². The number of methoxy groups -OCH3 is 1. The maximum Gasteiger partial charge on any atom is 0.262 e. The molecule has 0 aliphatic carbocycles. The number of carbonyl (C=O) groups is 1. The van der Waals surface area contributed by atoms with Gasteiger partial charge in [-0.05, 0) is 62.2 Å². The highest BCUT2D eigenvalue weighted by Crippen LogP contribution is 2.29. The van der Waals surface area contributed by atoms with Crippen molar-refractivity contribution < 1.29 is 19.0 Å². The second-order valence-electron chi connectivity index (χ2n) is 6.66. The van der Waals surface area contributed by atoms with Crippen molar-refractivity contribution in [3.05, 3.63) is 48.0 Å². The first-order valence-electron chi connectivity index (χ1n) is 9.73. The predicted octanol–water partition coefficient (Wildman–Crippen LogP) is 3.88. The van der Waals surface area contributed by atoms with E-state index < -0.39 is 0 Å². The van der Waals surface area contributed by atoms with Crippen LogP contribution in [-0.2, 0) is 4.79 Å². The van der Waals surface area contributed by atoms with Gasteiger partial charge >= 0.3 is 0 Å². The fourth-order valence-corrected chi connectivity index (χ4v) is 3.47. The van der Waals surface area contributed by atoms with E-state index in [2.05, 4.69) is 10.2 Å². The highest BCUT2D eigenvalue weighted by molar-refractivity contribution is 7.80. The lowest BCUT2D eigenvalue weighted by molar-refractivity contribution is -0.118. The SMILES string of the molecule is CCOc1ccc(NC(=O)COc2ccc(C(=S)N3CCCC3)cc2OC)cc1. The third-order valence-electron chi connectivity index (χ3n) is 4.61. The third kappa shape index (κ3) is 5.60. The molecule has 1 saturated heterocycles. The number of ether oxygens (including phenoxy) is 3. The van der Waals surface area contributed by atoms with Crippen LogP contribution in [0.5, 0.6) is 17.2 Å². The van der Waals surface area contributed by atoms with E-state index in [9.17, 15) is 4.79 Å². The number of carbonyl (C=O) groups excluding carboxylic acids is 1. The summed E-state index contributed by atoms with van der Waals surface area (Å²) < 4.78 is 16.5. The molecule has 6 nitrogen and oxygen atoms in total. The highest BCUT2D eigenvalue weighted by atomic mass is 32.1. The van der Waals surface area contributed by atoms with E-state index in [0.29, 0.717) is 23.8 Å². The van der Waals surface area contributed by atoms with E-state index in [1.807, 2.05) is 31.2 Å². The molecule has 1 aliphatic rings. The summed E-state index contributed by atoms with van der Waals surface area (Å²) in [5.74, 6) is 1.56. The number of thiocarbonyl (C=S) groups is 1. The zero-order chi connectivity index (χ0) is 20.6. The van der Waals surface area contributed by atoms with Crippen LogP contribution < -0.4 is 19.5 Å². The van der Waals surface area contributed by atoms with E-state index >= 15 is 0 Å². The molecule has 0 radical (unpaired) electrons. The Labute approximate surface area is 176 Å². The fourth-order valence-electron chi connectivity index (χ4n) is 3.16. The number of nitrogens with one attached hydrogen (secondary N) is 1. The smallest absolute Gasteiger partial charge is 0.262 e. The van der Waals surface area contributed by atoms with Crippen molar-refractivity contribution in [1.29, 1.82) is 0 Å². The molecular formula is C22H26N2O4S. The van der Waals surface area contributed by atoms with E-state index in [4.69, 9.17) is 26.4 Å². The molecule has 0 saturated carbocycles. The van der Waals surface area contributed by atoms with Gasteiger partial charge in [0.2, 0.25) is 0 Å². The predicted molar refractivity (Wildman–Crippen MR) is 117 cm³/mol. The van der Waals surface area contributed by atoms with Crippen LogP contribution in [0.15, 0.2) is 42.5 Å². The Kier molecular flexibility index (Phi) is 7.30. The van der Waals surface area contributed by atoms with E-state index in [0.717, 1.165) is 29.4 Å². The van der Waals surface area contributed by atoms with Crippen molar-refractivity contribution in [3.8, 4) is 17.2 Å². The summed E-state index contributed by atoms with van der Waals surface area (Å²) in [6.45, 7) is 4.38. The largest absolute Gasteiger partial charge is 0.494 e. The topological polar surface area (TPSA) is 60.0 Å². The quantitative estimate of drug-likeness (QED) is 0.662. The molecule has 7 heteroatoms. The summed E-state index contributed by atoms with van der Waals surface area (Å²) in [5, 5.41) is 2.80. The molecule has 154 valence electrons. The molecule has 3 rings (SSSR count). The Bertz CT molecular complexity index is 848. The Morgan fingerprint density at radius 1 is 1.07 bits per heavy atom. The minimum Gasteiger partial charge on any atom is -0.494 e. The van der Waals surface area contributed by atoms with E-state index in [1.54, 1.807) is 25.3 Å². The first-order valence-corrected chi connectivity index (χ1v) is 10.1. The van der Waals surface area contributed by atoms with Gasteiger partial charge in [-0.15, -0.1) is 0 Å². The number of nitrogens with zero attached hydrogens (tertiary/aromatic N) is 1. The molecule has 1 N–H and O–H groups in total. The zero-order valence-corrected chi connectivity index (χ0v) is 17.6. The molecule has 1 aliphatic heterocycles. The molecule has 1 heterocycles. The van der Waals surface area contributed by atoms with Gasteiger partial charge in [0.25, 0.3) is 5.91 Å². The van der Waals surface area contributed by atoms with Crippen LogP contribution >= 0.6 is 12.2 Å². The van der Waals surface area contributed by atoms with Crippen molar-refractivity contribution in [2.24, 2.45) is 0 Å². The number of amides is 1. The van der Waals surface area contributed by atoms with Crippen LogP contribution in [0.25, 0.3) is 0 Å². The maximum atomic E-state index is 12.2. The average Bonchev–Trinajstić information content (AvgIpc) is 3.28. The van der Waals surface area contributed by atoms with Gasteiger partial charge in [-0.25, -0.2) is 0 Å². The summed E-state index contributed by atoms with van der Waals surface area (Å²) in [4.78, 5) is 15.2. The summed E-state index contributed by atoms with van der Waals surface area (Å²) >= 11 is 5.59. The number of benzene rings is 2. The second kappa shape index (κ2) is 10.1. The Morgan fingerprint density at radius 3 is 2.45 bits per heavy atom. The molecule has 0 spiro atoms. The minimum absolute atomic E-state index is 0.126. The van der Waals surface area contributed by atoms with E-state index in [1.165, 1.54) is 12.8 Å². The molecule has 0 bridgehead atoms. The first-order chi connectivity index (χ1) is 14.1. The standard InChI is InChI=1S/C22H26N2O4S/c1-3-27-18-9-7-17(8-10-18)23-21(25)15-28-19-11-6-16(14-20(19)26-2)22(29)24-12-4-5-13-24/h6-11,14H,3-5,12-13,15H2,1-2H3,(H,23,25). The Morgan fingerprint density at radius 2 is 1.79 bits per heavy atom. The summed E-state index contributed by atoms with van der Waals surface area (Å²) in [5.41, 5.74) is 1.60. The number of rotatable bonds is 8. The average molecular weight is 415 g/mol. The Hall–Kier alpha value is -2.80. The molecule has 1 fully saturated rings. The van der Waals surface area contributed by atoms with Gasteiger partial charge in [-0.2, -0.15) is 0 Å². The monoisotopic (exact) mass is 414 g/mol. The lowest BCUT2D eigenvalue weighted by atomic mass is 10.2. The van der Waals surface area contributed by atoms with Crippen LogP contribution in [0, 0.1) is 0 Å². The van der Waals surface area contributed by atoms with Crippen molar-refractivity contribution >= 4 is 28.8 Å². The number of anilines is 1. The van der Waals surface area contributed by atoms with Gasteiger partial charge in [0.1, 0.15) is 10.7 Å². The second-order valence-corrected chi connectivity index (χ2v) is 7.05. The normalized spacial score (nSPS) is 13.1. The van der Waals surface area contributed by atoms with Crippen LogP contribution in [0.1, 0.15) is 25.3 Å². The van der Waals surface area contributed by atoms with Crippen molar-refractivity contribution in [1.82, 2.24) is 4.90 Å². The van der Waals surface area contributed by atoms with Gasteiger partial charge in [-0.3, -0.25) is 4.79 Å². The van der Waals surface area contributed by atoms with Crippen LogP contribution in [0.2, 0.25) is 0 Å². The third-order valence-corrected chi connectivity index (χ3v) is 5.11. The minimum atomic E-state index is -0.257. The molecule has 0 unspecified atom stereocenters. The van der Waals surface area contributed by atoms with Gasteiger partial charge < -0.3 is 24.4 Å². The maximum absolute atomic E-state index is 12.2. The number of hydrogen-bond donors (Lipinski definition) is 1. The number of hydrogen-bond acceptors (Lipinski definition) is 5. The highest BCUT2D eigenvalue weighted by Gasteiger charge is 2.18. The molecule has 1 amide bonds. The summed E-state index contributed by atoms with van der Waals surface area (Å²) in [7, 11) is 1.57. The molecule has 0 atom stereocenters. The lowest BCUT2D eigenvalue weighted by Crippen LogP contribution is -2.26. The molecular weight excluding hydrogens is 388 g/mol. The molecule has 29 heavy (non-hydrogen) atoms. The molecule has 0 aromatic heterocycles. The Balaban J connectivity index is 1.57. The first kappa shape index (κ1) is 20.9.